The van der Waals surface area contributed by atoms with Crippen LogP contribution in [0, 0.1) is 6.92 Å². The van der Waals surface area contributed by atoms with E-state index in [1.54, 1.807) is 15.9 Å². The molecule has 0 spiro atoms. The highest BCUT2D eigenvalue weighted by atomic mass is 35.5. The molecule has 0 saturated heterocycles. The van der Waals surface area contributed by atoms with E-state index in [4.69, 9.17) is 11.6 Å². The SMILES string of the molecule is Cc1c(Cl)nc2ncnn2c1N(Cc1ccsc1)C1CC1. The van der Waals surface area contributed by atoms with Crippen molar-refractivity contribution in [3.8, 4) is 0 Å². The van der Waals surface area contributed by atoms with Crippen LogP contribution in [0.25, 0.3) is 5.78 Å². The molecular weight excluding hydrogens is 306 g/mol. The number of fused-ring (bicyclic) bond motifs is 1. The Morgan fingerprint density at radius 1 is 1.48 bits per heavy atom. The van der Waals surface area contributed by atoms with E-state index in [9.17, 15) is 0 Å². The van der Waals surface area contributed by atoms with Crippen LogP contribution in [0.5, 0.6) is 0 Å². The molecule has 1 saturated carbocycles. The summed E-state index contributed by atoms with van der Waals surface area (Å²) >= 11 is 8.01. The first-order chi connectivity index (χ1) is 10.2. The summed E-state index contributed by atoms with van der Waals surface area (Å²) in [7, 11) is 0. The van der Waals surface area contributed by atoms with E-state index >= 15 is 0 Å². The van der Waals surface area contributed by atoms with Crippen LogP contribution in [0.15, 0.2) is 23.2 Å². The van der Waals surface area contributed by atoms with Crippen LogP contribution in [-0.4, -0.2) is 25.6 Å². The first-order valence-electron chi connectivity index (χ1n) is 6.87. The minimum Gasteiger partial charge on any atom is -0.349 e. The van der Waals surface area contributed by atoms with E-state index in [1.165, 1.54) is 24.7 Å². The van der Waals surface area contributed by atoms with Crippen LogP contribution in [0.3, 0.4) is 0 Å². The molecule has 5 nitrogen and oxygen atoms in total. The molecule has 0 aromatic carbocycles. The van der Waals surface area contributed by atoms with E-state index in [-0.39, 0.29) is 0 Å². The quantitative estimate of drug-likeness (QED) is 0.692. The number of anilines is 1. The fourth-order valence-electron chi connectivity index (χ4n) is 2.56. The Morgan fingerprint density at radius 3 is 3.05 bits per heavy atom. The van der Waals surface area contributed by atoms with Crippen LogP contribution in [-0.2, 0) is 6.54 Å². The van der Waals surface area contributed by atoms with Gasteiger partial charge in [0.2, 0.25) is 0 Å². The number of aromatic nitrogens is 4. The molecule has 1 aliphatic rings. The zero-order chi connectivity index (χ0) is 14.4. The Labute approximate surface area is 131 Å². The summed E-state index contributed by atoms with van der Waals surface area (Å²) in [5.41, 5.74) is 2.27. The van der Waals surface area contributed by atoms with Crippen molar-refractivity contribution in [3.05, 3.63) is 39.4 Å². The minimum atomic E-state index is 0.501. The van der Waals surface area contributed by atoms with Crippen LogP contribution in [0.2, 0.25) is 5.15 Å². The average Bonchev–Trinajstić information content (AvgIpc) is 2.98. The van der Waals surface area contributed by atoms with Crippen molar-refractivity contribution in [2.75, 3.05) is 4.90 Å². The Bertz CT molecular complexity index is 778. The fraction of sp³-hybridized carbons (Fsp3) is 0.357. The fourth-order valence-corrected chi connectivity index (χ4v) is 3.38. The standard InChI is InChI=1S/C14H14ClN5S/c1-9-12(15)18-14-16-8-17-20(14)13(9)19(11-2-3-11)6-10-4-5-21-7-10/h4-5,7-8,11H,2-3,6H2,1H3. The Morgan fingerprint density at radius 2 is 2.33 bits per heavy atom. The van der Waals surface area contributed by atoms with Crippen molar-refractivity contribution in [3.63, 3.8) is 0 Å². The van der Waals surface area contributed by atoms with Gasteiger partial charge in [0.25, 0.3) is 5.78 Å². The van der Waals surface area contributed by atoms with Crippen LogP contribution in [0.1, 0.15) is 24.0 Å². The summed E-state index contributed by atoms with van der Waals surface area (Å²) in [5.74, 6) is 1.56. The van der Waals surface area contributed by atoms with Crippen LogP contribution in [0.4, 0.5) is 5.82 Å². The zero-order valence-electron chi connectivity index (χ0n) is 11.5. The lowest BCUT2D eigenvalue weighted by Gasteiger charge is -2.26. The lowest BCUT2D eigenvalue weighted by atomic mass is 10.2. The van der Waals surface area contributed by atoms with Crippen molar-refractivity contribution in [2.24, 2.45) is 0 Å². The summed E-state index contributed by atoms with van der Waals surface area (Å²) in [4.78, 5) is 10.8. The smallest absolute Gasteiger partial charge is 0.255 e. The van der Waals surface area contributed by atoms with Gasteiger partial charge in [-0.05, 0) is 42.2 Å². The van der Waals surface area contributed by atoms with Gasteiger partial charge < -0.3 is 4.90 Å². The summed E-state index contributed by atoms with van der Waals surface area (Å²) in [6, 6.07) is 2.71. The van der Waals surface area contributed by atoms with E-state index < -0.39 is 0 Å². The topological polar surface area (TPSA) is 46.3 Å². The van der Waals surface area contributed by atoms with Gasteiger partial charge in [0.15, 0.2) is 0 Å². The highest BCUT2D eigenvalue weighted by molar-refractivity contribution is 7.07. The van der Waals surface area contributed by atoms with Crippen LogP contribution >= 0.6 is 22.9 Å². The highest BCUT2D eigenvalue weighted by Crippen LogP contribution is 2.36. The summed E-state index contributed by atoms with van der Waals surface area (Å²) in [5, 5.41) is 9.12. The molecule has 1 fully saturated rings. The molecule has 0 amide bonds. The maximum absolute atomic E-state index is 6.28. The van der Waals surface area contributed by atoms with E-state index in [0.717, 1.165) is 17.9 Å². The lowest BCUT2D eigenvalue weighted by Crippen LogP contribution is -2.28. The first kappa shape index (κ1) is 13.0. The Kier molecular flexibility index (Phi) is 3.08. The van der Waals surface area contributed by atoms with Gasteiger partial charge in [0, 0.05) is 18.2 Å². The third-order valence-electron chi connectivity index (χ3n) is 3.77. The van der Waals surface area contributed by atoms with Gasteiger partial charge in [-0.15, -0.1) is 0 Å². The molecule has 7 heteroatoms. The maximum Gasteiger partial charge on any atom is 0.255 e. The molecule has 3 aromatic heterocycles. The van der Waals surface area contributed by atoms with Crippen molar-refractivity contribution in [1.29, 1.82) is 0 Å². The van der Waals surface area contributed by atoms with E-state index in [0.29, 0.717) is 17.0 Å². The lowest BCUT2D eigenvalue weighted by molar-refractivity contribution is 0.743. The van der Waals surface area contributed by atoms with Crippen molar-refractivity contribution < 1.29 is 0 Å². The second kappa shape index (κ2) is 4.96. The van der Waals surface area contributed by atoms with Gasteiger partial charge in [-0.25, -0.2) is 0 Å². The first-order valence-corrected chi connectivity index (χ1v) is 8.19. The largest absolute Gasteiger partial charge is 0.349 e. The predicted molar refractivity (Wildman–Crippen MR) is 84.1 cm³/mol. The zero-order valence-corrected chi connectivity index (χ0v) is 13.1. The molecule has 3 aromatic rings. The molecule has 4 rings (SSSR count). The number of nitrogens with zero attached hydrogens (tertiary/aromatic N) is 5. The van der Waals surface area contributed by atoms with Gasteiger partial charge in [-0.1, -0.05) is 11.6 Å². The number of hydrogen-bond acceptors (Lipinski definition) is 5. The van der Waals surface area contributed by atoms with Crippen molar-refractivity contribution in [1.82, 2.24) is 19.6 Å². The predicted octanol–water partition coefficient (Wildman–Crippen LogP) is 3.32. The molecule has 0 N–H and O–H groups in total. The Hall–Kier alpha value is -1.66. The average molecular weight is 320 g/mol. The van der Waals surface area contributed by atoms with Gasteiger partial charge in [0.1, 0.15) is 17.3 Å². The summed E-state index contributed by atoms with van der Waals surface area (Å²) < 4.78 is 1.80. The summed E-state index contributed by atoms with van der Waals surface area (Å²) in [6.07, 6.45) is 3.94. The Balaban J connectivity index is 1.85. The van der Waals surface area contributed by atoms with E-state index in [1.807, 2.05) is 6.92 Å². The monoisotopic (exact) mass is 319 g/mol. The molecule has 1 aliphatic carbocycles. The van der Waals surface area contributed by atoms with Gasteiger partial charge >= 0.3 is 0 Å². The molecular formula is C14H14ClN5S. The normalized spacial score (nSPS) is 14.8. The molecule has 0 radical (unpaired) electrons. The summed E-state index contributed by atoms with van der Waals surface area (Å²) in [6.45, 7) is 2.86. The molecule has 21 heavy (non-hydrogen) atoms. The molecule has 0 bridgehead atoms. The number of rotatable bonds is 4. The number of halogens is 1. The highest BCUT2D eigenvalue weighted by Gasteiger charge is 2.32. The third kappa shape index (κ3) is 2.28. The maximum atomic E-state index is 6.28. The molecule has 0 aliphatic heterocycles. The van der Waals surface area contributed by atoms with Crippen LogP contribution < -0.4 is 4.90 Å². The minimum absolute atomic E-state index is 0.501. The molecule has 0 unspecified atom stereocenters. The number of hydrogen-bond donors (Lipinski definition) is 0. The molecule has 3 heterocycles. The second-order valence-electron chi connectivity index (χ2n) is 5.31. The van der Waals surface area contributed by atoms with Gasteiger partial charge in [-0.3, -0.25) is 0 Å². The molecule has 108 valence electrons. The van der Waals surface area contributed by atoms with Gasteiger partial charge in [0.05, 0.1) is 0 Å². The second-order valence-corrected chi connectivity index (χ2v) is 6.45. The molecule has 0 atom stereocenters. The van der Waals surface area contributed by atoms with E-state index in [2.05, 4.69) is 36.8 Å². The van der Waals surface area contributed by atoms with Gasteiger partial charge in [-0.2, -0.15) is 30.9 Å². The van der Waals surface area contributed by atoms with Crippen molar-refractivity contribution >= 4 is 34.5 Å². The number of thiophene rings is 1. The third-order valence-corrected chi connectivity index (χ3v) is 4.87. The van der Waals surface area contributed by atoms with Crippen molar-refractivity contribution in [2.45, 2.75) is 32.4 Å².